The monoisotopic (exact) mass is 333 g/mol. The van der Waals surface area contributed by atoms with Crippen molar-refractivity contribution in [2.24, 2.45) is 0 Å². The molecule has 2 rings (SSSR count). The molecule has 3 heteroatoms. The van der Waals surface area contributed by atoms with Crippen LogP contribution in [-0.4, -0.2) is 0 Å². The van der Waals surface area contributed by atoms with E-state index in [2.05, 4.69) is 42.8 Å². The molecule has 0 fully saturated rings. The van der Waals surface area contributed by atoms with Crippen molar-refractivity contribution in [3.63, 3.8) is 0 Å². The summed E-state index contributed by atoms with van der Waals surface area (Å²) in [5, 5.41) is 0. The molecular formula is C17H20BrNO. The fourth-order valence-corrected chi connectivity index (χ4v) is 2.69. The maximum Gasteiger partial charge on any atom is 0.123 e. The van der Waals surface area contributed by atoms with Gasteiger partial charge in [-0.25, -0.2) is 0 Å². The van der Waals surface area contributed by atoms with E-state index in [-0.39, 0.29) is 5.41 Å². The first-order valence-electron chi connectivity index (χ1n) is 6.63. The largest absolute Gasteiger partial charge is 0.489 e. The van der Waals surface area contributed by atoms with Gasteiger partial charge >= 0.3 is 0 Å². The summed E-state index contributed by atoms with van der Waals surface area (Å²) in [6.45, 7) is 7.07. The number of nitrogens with two attached hydrogens (primary N) is 1. The zero-order chi connectivity index (χ0) is 14.8. The molecule has 0 unspecified atom stereocenters. The molecule has 0 bridgehead atoms. The van der Waals surface area contributed by atoms with Gasteiger partial charge in [0, 0.05) is 10.2 Å². The van der Waals surface area contributed by atoms with Crippen molar-refractivity contribution < 1.29 is 4.74 Å². The molecule has 0 aliphatic carbocycles. The molecule has 0 saturated carbocycles. The van der Waals surface area contributed by atoms with Gasteiger partial charge in [-0.3, -0.25) is 0 Å². The molecule has 0 amide bonds. The van der Waals surface area contributed by atoms with Crippen LogP contribution in [0.3, 0.4) is 0 Å². The van der Waals surface area contributed by atoms with Crippen LogP contribution in [0.2, 0.25) is 0 Å². The minimum atomic E-state index is 0.0624. The highest BCUT2D eigenvalue weighted by Crippen LogP contribution is 2.31. The first-order chi connectivity index (χ1) is 9.36. The summed E-state index contributed by atoms with van der Waals surface area (Å²) in [6.07, 6.45) is 0. The molecule has 0 aliphatic heterocycles. The standard InChI is InChI=1S/C17H20BrNO/c1-17(2,3)15-6-4-5-7-16(15)20-11-12-8-13(18)10-14(19)9-12/h4-10H,11,19H2,1-3H3. The minimum absolute atomic E-state index is 0.0624. The second-order valence-corrected chi connectivity index (χ2v) is 6.84. The van der Waals surface area contributed by atoms with E-state index in [1.165, 1.54) is 5.56 Å². The average Bonchev–Trinajstić information content (AvgIpc) is 2.34. The topological polar surface area (TPSA) is 35.2 Å². The fraction of sp³-hybridized carbons (Fsp3) is 0.294. The zero-order valence-corrected chi connectivity index (χ0v) is 13.7. The molecule has 20 heavy (non-hydrogen) atoms. The van der Waals surface area contributed by atoms with Gasteiger partial charge in [0.2, 0.25) is 0 Å². The Bertz CT molecular complexity index is 582. The van der Waals surface area contributed by atoms with Crippen LogP contribution < -0.4 is 10.5 Å². The lowest BCUT2D eigenvalue weighted by Gasteiger charge is -2.22. The summed E-state index contributed by atoms with van der Waals surface area (Å²) in [6, 6.07) is 14.0. The first kappa shape index (κ1) is 14.9. The number of rotatable bonds is 3. The first-order valence-corrected chi connectivity index (χ1v) is 7.43. The van der Waals surface area contributed by atoms with Crippen LogP contribution in [-0.2, 0) is 12.0 Å². The number of hydrogen-bond acceptors (Lipinski definition) is 2. The van der Waals surface area contributed by atoms with Crippen molar-refractivity contribution in [3.8, 4) is 5.75 Å². The lowest BCUT2D eigenvalue weighted by Crippen LogP contribution is -2.13. The van der Waals surface area contributed by atoms with Crippen LogP contribution in [0, 0.1) is 0 Å². The van der Waals surface area contributed by atoms with E-state index in [4.69, 9.17) is 10.5 Å². The summed E-state index contributed by atoms with van der Waals surface area (Å²) >= 11 is 3.45. The molecule has 0 spiro atoms. The highest BCUT2D eigenvalue weighted by atomic mass is 79.9. The Morgan fingerprint density at radius 3 is 2.45 bits per heavy atom. The number of anilines is 1. The van der Waals surface area contributed by atoms with Gasteiger partial charge in [-0.05, 0) is 40.8 Å². The third kappa shape index (κ3) is 3.76. The Morgan fingerprint density at radius 2 is 1.80 bits per heavy atom. The molecule has 0 aromatic heterocycles. The van der Waals surface area contributed by atoms with Crippen molar-refractivity contribution in [3.05, 3.63) is 58.1 Å². The maximum absolute atomic E-state index is 5.98. The van der Waals surface area contributed by atoms with Gasteiger partial charge in [-0.2, -0.15) is 0 Å². The molecule has 0 radical (unpaired) electrons. The van der Waals surface area contributed by atoms with Gasteiger partial charge in [-0.15, -0.1) is 0 Å². The van der Waals surface area contributed by atoms with Crippen molar-refractivity contribution >= 4 is 21.6 Å². The van der Waals surface area contributed by atoms with Crippen LogP contribution in [0.4, 0.5) is 5.69 Å². The van der Waals surface area contributed by atoms with Gasteiger partial charge in [0.25, 0.3) is 0 Å². The second kappa shape index (κ2) is 5.88. The van der Waals surface area contributed by atoms with E-state index in [1.807, 2.05) is 36.4 Å². The molecule has 2 nitrogen and oxygen atoms in total. The third-order valence-corrected chi connectivity index (χ3v) is 3.53. The number of nitrogen functional groups attached to an aromatic ring is 1. The number of benzene rings is 2. The lowest BCUT2D eigenvalue weighted by atomic mass is 9.86. The van der Waals surface area contributed by atoms with Crippen LogP contribution in [0.15, 0.2) is 46.9 Å². The molecule has 0 heterocycles. The fourth-order valence-electron chi connectivity index (χ4n) is 2.13. The zero-order valence-electron chi connectivity index (χ0n) is 12.1. The number of para-hydroxylation sites is 1. The minimum Gasteiger partial charge on any atom is -0.489 e. The Labute approximate surface area is 129 Å². The summed E-state index contributed by atoms with van der Waals surface area (Å²) in [7, 11) is 0. The summed E-state index contributed by atoms with van der Waals surface area (Å²) in [4.78, 5) is 0. The lowest BCUT2D eigenvalue weighted by molar-refractivity contribution is 0.297. The quantitative estimate of drug-likeness (QED) is 0.810. The Morgan fingerprint density at radius 1 is 1.10 bits per heavy atom. The Hall–Kier alpha value is -1.48. The van der Waals surface area contributed by atoms with Gasteiger partial charge in [0.15, 0.2) is 0 Å². The average molecular weight is 334 g/mol. The summed E-state index contributed by atoms with van der Waals surface area (Å²) < 4.78 is 6.96. The van der Waals surface area contributed by atoms with E-state index < -0.39 is 0 Å². The molecule has 2 aromatic carbocycles. The number of hydrogen-bond donors (Lipinski definition) is 1. The molecule has 0 atom stereocenters. The van der Waals surface area contributed by atoms with Crippen molar-refractivity contribution in [2.45, 2.75) is 32.8 Å². The number of halogens is 1. The second-order valence-electron chi connectivity index (χ2n) is 5.93. The van der Waals surface area contributed by atoms with Crippen molar-refractivity contribution in [2.75, 3.05) is 5.73 Å². The van der Waals surface area contributed by atoms with Gasteiger partial charge in [0.1, 0.15) is 12.4 Å². The van der Waals surface area contributed by atoms with Gasteiger partial charge < -0.3 is 10.5 Å². The van der Waals surface area contributed by atoms with Crippen LogP contribution >= 0.6 is 15.9 Å². The smallest absolute Gasteiger partial charge is 0.123 e. The molecule has 2 aromatic rings. The SMILES string of the molecule is CC(C)(C)c1ccccc1OCc1cc(N)cc(Br)c1. The van der Waals surface area contributed by atoms with Crippen LogP contribution in [0.1, 0.15) is 31.9 Å². The predicted molar refractivity (Wildman–Crippen MR) is 88.0 cm³/mol. The van der Waals surface area contributed by atoms with Crippen LogP contribution in [0.25, 0.3) is 0 Å². The van der Waals surface area contributed by atoms with Gasteiger partial charge in [0.05, 0.1) is 0 Å². The van der Waals surface area contributed by atoms with Crippen molar-refractivity contribution in [1.29, 1.82) is 0 Å². The van der Waals surface area contributed by atoms with Gasteiger partial charge in [-0.1, -0.05) is 54.9 Å². The summed E-state index contributed by atoms with van der Waals surface area (Å²) in [5.74, 6) is 0.929. The highest BCUT2D eigenvalue weighted by molar-refractivity contribution is 9.10. The Balaban J connectivity index is 2.19. The number of ether oxygens (including phenoxy) is 1. The van der Waals surface area contributed by atoms with Crippen molar-refractivity contribution in [1.82, 2.24) is 0 Å². The van der Waals surface area contributed by atoms with Crippen LogP contribution in [0.5, 0.6) is 5.75 Å². The third-order valence-electron chi connectivity index (χ3n) is 3.07. The van der Waals surface area contributed by atoms with E-state index in [0.29, 0.717) is 6.61 Å². The summed E-state index contributed by atoms with van der Waals surface area (Å²) in [5.41, 5.74) is 8.91. The molecule has 106 valence electrons. The van der Waals surface area contributed by atoms with E-state index in [9.17, 15) is 0 Å². The normalized spacial score (nSPS) is 11.4. The molecule has 0 saturated heterocycles. The maximum atomic E-state index is 5.98. The van der Waals surface area contributed by atoms with E-state index in [1.54, 1.807) is 0 Å². The molecule has 0 aliphatic rings. The Kier molecular flexibility index (Phi) is 4.39. The molecule has 2 N–H and O–H groups in total. The molecular weight excluding hydrogens is 314 g/mol. The highest BCUT2D eigenvalue weighted by Gasteiger charge is 2.18. The van der Waals surface area contributed by atoms with E-state index >= 15 is 0 Å². The van der Waals surface area contributed by atoms with E-state index in [0.717, 1.165) is 21.5 Å². The predicted octanol–water partition coefficient (Wildman–Crippen LogP) is 4.91.